The molecule has 152 valence electrons. The molecule has 0 radical (unpaired) electrons. The predicted octanol–water partition coefficient (Wildman–Crippen LogP) is 4.98. The first kappa shape index (κ1) is 20.3. The van der Waals surface area contributed by atoms with Crippen molar-refractivity contribution in [2.75, 3.05) is 19.1 Å². The summed E-state index contributed by atoms with van der Waals surface area (Å²) in [6, 6.07) is 18.6. The SMILES string of the molecule is COc1cc(OC)cc(N2C(=O)C(SCc3ccccc3)=C(c3cccs3)C2=O)c1. The number of nitrogens with zero attached hydrogens (tertiary/aromatic N) is 1. The number of carbonyl (C=O) groups excluding carboxylic acids is 2. The molecule has 7 heteroatoms. The van der Waals surface area contributed by atoms with Gasteiger partial charge in [-0.05, 0) is 17.0 Å². The summed E-state index contributed by atoms with van der Waals surface area (Å²) in [5.74, 6) is 0.938. The number of imide groups is 1. The van der Waals surface area contributed by atoms with Gasteiger partial charge in [-0.1, -0.05) is 36.4 Å². The molecule has 0 saturated heterocycles. The normalized spacial score (nSPS) is 13.9. The molecule has 1 aliphatic heterocycles. The Kier molecular flexibility index (Phi) is 5.92. The molecule has 0 spiro atoms. The lowest BCUT2D eigenvalue weighted by atomic mass is 10.2. The minimum absolute atomic E-state index is 0.334. The summed E-state index contributed by atoms with van der Waals surface area (Å²) in [6.07, 6.45) is 0. The summed E-state index contributed by atoms with van der Waals surface area (Å²) in [5, 5.41) is 1.90. The standard InChI is InChI=1S/C23H19NO4S2/c1-27-17-11-16(12-18(13-17)28-2)24-22(25)20(19-9-6-10-29-19)21(23(24)26)30-14-15-7-4-3-5-8-15/h3-13H,14H2,1-2H3. The number of ether oxygens (including phenoxy) is 2. The van der Waals surface area contributed by atoms with Gasteiger partial charge in [0.05, 0.1) is 30.4 Å². The highest BCUT2D eigenvalue weighted by molar-refractivity contribution is 8.03. The zero-order valence-corrected chi connectivity index (χ0v) is 18.1. The number of hydrogen-bond acceptors (Lipinski definition) is 6. The molecule has 2 heterocycles. The molecule has 1 aliphatic rings. The van der Waals surface area contributed by atoms with Crippen molar-refractivity contribution in [1.82, 2.24) is 0 Å². The van der Waals surface area contributed by atoms with Gasteiger partial charge in [-0.2, -0.15) is 0 Å². The topological polar surface area (TPSA) is 55.8 Å². The van der Waals surface area contributed by atoms with Crippen LogP contribution in [-0.4, -0.2) is 26.0 Å². The number of hydrogen-bond donors (Lipinski definition) is 0. The molecule has 30 heavy (non-hydrogen) atoms. The Hall–Kier alpha value is -3.03. The van der Waals surface area contributed by atoms with Crippen molar-refractivity contribution >= 4 is 46.2 Å². The molecular formula is C23H19NO4S2. The van der Waals surface area contributed by atoms with Gasteiger partial charge >= 0.3 is 0 Å². The van der Waals surface area contributed by atoms with E-state index in [-0.39, 0.29) is 11.8 Å². The van der Waals surface area contributed by atoms with E-state index < -0.39 is 0 Å². The van der Waals surface area contributed by atoms with E-state index in [1.165, 1.54) is 42.2 Å². The van der Waals surface area contributed by atoms with Crippen LogP contribution in [0.15, 0.2) is 70.9 Å². The van der Waals surface area contributed by atoms with Crippen LogP contribution in [0.4, 0.5) is 5.69 Å². The highest BCUT2D eigenvalue weighted by Crippen LogP contribution is 2.42. The Morgan fingerprint density at radius 3 is 2.20 bits per heavy atom. The van der Waals surface area contributed by atoms with Gasteiger partial charge in [0.15, 0.2) is 0 Å². The zero-order valence-electron chi connectivity index (χ0n) is 16.5. The Bertz CT molecular complexity index is 1090. The summed E-state index contributed by atoms with van der Waals surface area (Å²) in [5.41, 5.74) is 1.95. The van der Waals surface area contributed by atoms with Crippen molar-refractivity contribution in [2.45, 2.75) is 5.75 Å². The second kappa shape index (κ2) is 8.77. The second-order valence-electron chi connectivity index (χ2n) is 6.47. The van der Waals surface area contributed by atoms with Gasteiger partial charge in [0, 0.05) is 28.8 Å². The van der Waals surface area contributed by atoms with Gasteiger partial charge in [-0.15, -0.1) is 23.1 Å². The fraction of sp³-hybridized carbons (Fsp3) is 0.130. The fourth-order valence-electron chi connectivity index (χ4n) is 3.17. The Balaban J connectivity index is 1.73. The number of amides is 2. The highest BCUT2D eigenvalue weighted by atomic mass is 32.2. The molecule has 0 aliphatic carbocycles. The van der Waals surface area contributed by atoms with Crippen molar-refractivity contribution in [3.05, 3.63) is 81.4 Å². The number of thiophene rings is 1. The largest absolute Gasteiger partial charge is 0.497 e. The molecule has 0 unspecified atom stereocenters. The van der Waals surface area contributed by atoms with Gasteiger partial charge in [0.25, 0.3) is 11.8 Å². The summed E-state index contributed by atoms with van der Waals surface area (Å²) >= 11 is 2.83. The smallest absolute Gasteiger partial charge is 0.272 e. The van der Waals surface area contributed by atoms with Gasteiger partial charge in [-0.3, -0.25) is 9.59 Å². The molecule has 3 aromatic rings. The number of rotatable bonds is 7. The van der Waals surface area contributed by atoms with Gasteiger partial charge in [0.2, 0.25) is 0 Å². The summed E-state index contributed by atoms with van der Waals surface area (Å²) < 4.78 is 10.6. The van der Waals surface area contributed by atoms with Crippen molar-refractivity contribution in [3.63, 3.8) is 0 Å². The number of methoxy groups -OCH3 is 2. The summed E-state index contributed by atoms with van der Waals surface area (Å²) in [4.78, 5) is 29.2. The minimum Gasteiger partial charge on any atom is -0.497 e. The first-order valence-electron chi connectivity index (χ1n) is 9.19. The molecule has 0 atom stereocenters. The van der Waals surface area contributed by atoms with Crippen molar-refractivity contribution in [3.8, 4) is 11.5 Å². The van der Waals surface area contributed by atoms with E-state index in [0.29, 0.717) is 33.4 Å². The average molecular weight is 438 g/mol. The zero-order chi connectivity index (χ0) is 21.1. The highest BCUT2D eigenvalue weighted by Gasteiger charge is 2.41. The maximum atomic E-state index is 13.4. The third kappa shape index (κ3) is 3.86. The molecule has 2 amide bonds. The first-order valence-corrected chi connectivity index (χ1v) is 11.1. The van der Waals surface area contributed by atoms with E-state index in [0.717, 1.165) is 10.4 Å². The third-order valence-corrected chi connectivity index (χ3v) is 6.66. The van der Waals surface area contributed by atoms with Crippen molar-refractivity contribution < 1.29 is 19.1 Å². The maximum absolute atomic E-state index is 13.4. The first-order chi connectivity index (χ1) is 14.6. The molecule has 2 aromatic carbocycles. The quantitative estimate of drug-likeness (QED) is 0.488. The Morgan fingerprint density at radius 1 is 0.900 bits per heavy atom. The monoisotopic (exact) mass is 437 g/mol. The van der Waals surface area contributed by atoms with Crippen LogP contribution in [0.1, 0.15) is 10.4 Å². The lowest BCUT2D eigenvalue weighted by Crippen LogP contribution is -2.31. The number of carbonyl (C=O) groups is 2. The van der Waals surface area contributed by atoms with Crippen LogP contribution in [0.25, 0.3) is 5.57 Å². The molecule has 0 saturated carbocycles. The van der Waals surface area contributed by atoms with Crippen LogP contribution >= 0.6 is 23.1 Å². The van der Waals surface area contributed by atoms with Crippen LogP contribution in [0.5, 0.6) is 11.5 Å². The van der Waals surface area contributed by atoms with Gasteiger partial charge < -0.3 is 9.47 Å². The lowest BCUT2D eigenvalue weighted by Gasteiger charge is -2.17. The van der Waals surface area contributed by atoms with Crippen LogP contribution in [0.3, 0.4) is 0 Å². The van der Waals surface area contributed by atoms with Gasteiger partial charge in [-0.25, -0.2) is 4.90 Å². The molecule has 5 nitrogen and oxygen atoms in total. The predicted molar refractivity (Wildman–Crippen MR) is 121 cm³/mol. The number of anilines is 1. The van der Waals surface area contributed by atoms with Crippen LogP contribution < -0.4 is 14.4 Å². The third-order valence-electron chi connectivity index (χ3n) is 4.63. The van der Waals surface area contributed by atoms with E-state index in [9.17, 15) is 9.59 Å². The molecule has 0 fully saturated rings. The van der Waals surface area contributed by atoms with Gasteiger partial charge in [0.1, 0.15) is 11.5 Å². The molecule has 4 rings (SSSR count). The lowest BCUT2D eigenvalue weighted by molar-refractivity contribution is -0.119. The van der Waals surface area contributed by atoms with E-state index in [1.54, 1.807) is 18.2 Å². The Morgan fingerprint density at radius 2 is 1.60 bits per heavy atom. The molecule has 0 N–H and O–H groups in total. The van der Waals surface area contributed by atoms with E-state index in [4.69, 9.17) is 9.47 Å². The van der Waals surface area contributed by atoms with Crippen molar-refractivity contribution in [1.29, 1.82) is 0 Å². The average Bonchev–Trinajstić information content (AvgIpc) is 3.38. The van der Waals surface area contributed by atoms with E-state index >= 15 is 0 Å². The number of thioether (sulfide) groups is 1. The minimum atomic E-state index is -0.340. The summed E-state index contributed by atoms with van der Waals surface area (Å²) in [7, 11) is 3.06. The molecule has 0 bridgehead atoms. The van der Waals surface area contributed by atoms with E-state index in [2.05, 4.69) is 0 Å². The second-order valence-corrected chi connectivity index (χ2v) is 8.41. The number of benzene rings is 2. The Labute approximate surface area is 182 Å². The van der Waals surface area contributed by atoms with Crippen molar-refractivity contribution in [2.24, 2.45) is 0 Å². The fourth-order valence-corrected chi connectivity index (χ4v) is 5.06. The van der Waals surface area contributed by atoms with Crippen LogP contribution in [0, 0.1) is 0 Å². The van der Waals surface area contributed by atoms with Crippen LogP contribution in [0.2, 0.25) is 0 Å². The maximum Gasteiger partial charge on any atom is 0.272 e. The molecular weight excluding hydrogens is 418 g/mol. The molecule has 1 aromatic heterocycles. The van der Waals surface area contributed by atoms with E-state index in [1.807, 2.05) is 47.8 Å². The summed E-state index contributed by atoms with van der Waals surface area (Å²) in [6.45, 7) is 0. The van der Waals surface area contributed by atoms with Crippen LogP contribution in [-0.2, 0) is 15.3 Å².